The van der Waals surface area contributed by atoms with Crippen LogP contribution in [0.3, 0.4) is 0 Å². The Labute approximate surface area is 99.1 Å². The molecular formula is C10H12N4O2S. The van der Waals surface area contributed by atoms with Crippen molar-refractivity contribution < 1.29 is 8.42 Å². The molecule has 17 heavy (non-hydrogen) atoms. The van der Waals surface area contributed by atoms with Gasteiger partial charge in [0.25, 0.3) is 0 Å². The fourth-order valence-electron chi connectivity index (χ4n) is 1.66. The Morgan fingerprint density at radius 1 is 1.29 bits per heavy atom. The van der Waals surface area contributed by atoms with Gasteiger partial charge in [0.05, 0.1) is 0 Å². The van der Waals surface area contributed by atoms with Gasteiger partial charge in [-0.1, -0.05) is 12.2 Å². The first-order chi connectivity index (χ1) is 7.96. The molecule has 4 N–H and O–H groups in total. The number of nitrogens with zero attached hydrogens (tertiary/aromatic N) is 2. The average Bonchev–Trinajstić information content (AvgIpc) is 2.30. The van der Waals surface area contributed by atoms with Gasteiger partial charge in [-0.15, -0.1) is 0 Å². The zero-order chi connectivity index (χ0) is 12.5. The lowest BCUT2D eigenvalue weighted by Gasteiger charge is -2.27. The first-order valence-electron chi connectivity index (χ1n) is 4.90. The molecule has 1 aliphatic rings. The van der Waals surface area contributed by atoms with E-state index in [9.17, 15) is 8.42 Å². The van der Waals surface area contributed by atoms with E-state index >= 15 is 0 Å². The van der Waals surface area contributed by atoms with Crippen LogP contribution in [0.2, 0.25) is 0 Å². The molecule has 7 heteroatoms. The summed E-state index contributed by atoms with van der Waals surface area (Å²) in [6.07, 6.45) is 7.63. The largest absolute Gasteiger partial charge is 0.399 e. The first kappa shape index (κ1) is 11.7. The summed E-state index contributed by atoms with van der Waals surface area (Å²) in [5, 5.41) is 5.29. The molecule has 0 bridgehead atoms. The molecule has 0 saturated heterocycles. The monoisotopic (exact) mass is 252 g/mol. The number of primary sulfonamides is 1. The molecule has 0 spiro atoms. The third-order valence-electron chi connectivity index (χ3n) is 2.64. The summed E-state index contributed by atoms with van der Waals surface area (Å²) in [6.45, 7) is 0. The molecule has 0 radical (unpaired) electrons. The van der Waals surface area contributed by atoms with Crippen LogP contribution in [0.25, 0.3) is 0 Å². The van der Waals surface area contributed by atoms with Crippen molar-refractivity contribution in [2.75, 3.05) is 0 Å². The number of aromatic nitrogens is 2. The number of sulfonamides is 1. The second-order valence-corrected chi connectivity index (χ2v) is 5.57. The van der Waals surface area contributed by atoms with Gasteiger partial charge in [-0.25, -0.2) is 23.5 Å². The minimum absolute atomic E-state index is 0.137. The summed E-state index contributed by atoms with van der Waals surface area (Å²) in [6, 6.07) is 1.61. The highest BCUT2D eigenvalue weighted by Crippen LogP contribution is 2.34. The molecule has 0 saturated carbocycles. The quantitative estimate of drug-likeness (QED) is 0.754. The van der Waals surface area contributed by atoms with Gasteiger partial charge in [0.1, 0.15) is 0 Å². The molecule has 0 aromatic carbocycles. The molecule has 0 aliphatic heterocycles. The lowest BCUT2D eigenvalue weighted by molar-refractivity contribution is 0.548. The Balaban J connectivity index is 2.60. The molecule has 0 fully saturated rings. The van der Waals surface area contributed by atoms with E-state index in [1.807, 2.05) is 0 Å². The van der Waals surface area contributed by atoms with Gasteiger partial charge in [0.15, 0.2) is 10.6 Å². The first-order valence-corrected chi connectivity index (χ1v) is 6.45. The van der Waals surface area contributed by atoms with E-state index in [1.54, 1.807) is 12.1 Å². The molecule has 1 aromatic heterocycles. The molecule has 6 nitrogen and oxygen atoms in total. The average molecular weight is 252 g/mol. The molecule has 1 unspecified atom stereocenters. The minimum Gasteiger partial charge on any atom is -0.399 e. The second kappa shape index (κ2) is 3.94. The van der Waals surface area contributed by atoms with Crippen LogP contribution in [0.5, 0.6) is 0 Å². The Bertz CT molecular complexity index is 580. The van der Waals surface area contributed by atoms with Crippen molar-refractivity contribution in [2.45, 2.75) is 11.2 Å². The van der Waals surface area contributed by atoms with Crippen molar-refractivity contribution in [2.24, 2.45) is 10.9 Å². The molecule has 1 atom stereocenters. The van der Waals surface area contributed by atoms with Crippen LogP contribution in [0.1, 0.15) is 12.2 Å². The van der Waals surface area contributed by atoms with Crippen molar-refractivity contribution in [1.29, 1.82) is 0 Å². The van der Waals surface area contributed by atoms with Crippen LogP contribution >= 0.6 is 0 Å². The van der Waals surface area contributed by atoms with Crippen molar-refractivity contribution in [3.05, 3.63) is 48.2 Å². The number of hydrogen-bond donors (Lipinski definition) is 2. The van der Waals surface area contributed by atoms with Gasteiger partial charge in [-0.2, -0.15) is 0 Å². The highest BCUT2D eigenvalue weighted by Gasteiger charge is 2.44. The lowest BCUT2D eigenvalue weighted by Crippen LogP contribution is -2.41. The molecule has 2 rings (SSSR count). The van der Waals surface area contributed by atoms with E-state index < -0.39 is 14.8 Å². The summed E-state index contributed by atoms with van der Waals surface area (Å²) >= 11 is 0. The molecular weight excluding hydrogens is 240 g/mol. The Kier molecular flexibility index (Phi) is 2.72. The van der Waals surface area contributed by atoms with Crippen molar-refractivity contribution in [1.82, 2.24) is 9.97 Å². The molecule has 0 amide bonds. The van der Waals surface area contributed by atoms with E-state index in [0.717, 1.165) is 0 Å². The topological polar surface area (TPSA) is 112 Å². The maximum absolute atomic E-state index is 11.8. The van der Waals surface area contributed by atoms with Gasteiger partial charge in [-0.05, 0) is 18.6 Å². The van der Waals surface area contributed by atoms with Crippen molar-refractivity contribution >= 4 is 10.0 Å². The summed E-state index contributed by atoms with van der Waals surface area (Å²) in [5.74, 6) is 0.155. The number of allylic oxidation sites excluding steroid dienone is 2. The van der Waals surface area contributed by atoms with Crippen LogP contribution in [-0.4, -0.2) is 18.4 Å². The second-order valence-electron chi connectivity index (χ2n) is 3.75. The third kappa shape index (κ3) is 1.94. The van der Waals surface area contributed by atoms with Gasteiger partial charge in [-0.3, -0.25) is 0 Å². The standard InChI is InChI=1S/C10H12N4O2S/c11-8-2-4-10(5-3-8,17(12,15)16)9-13-6-1-7-14-9/h1-4,6-7H,5,11H2,(H2,12,15,16). The highest BCUT2D eigenvalue weighted by molar-refractivity contribution is 7.90. The SMILES string of the molecule is NC1=CCC(c2ncccn2)(S(N)(=O)=O)C=C1. The minimum atomic E-state index is -3.88. The van der Waals surface area contributed by atoms with E-state index in [4.69, 9.17) is 10.9 Å². The molecule has 1 aliphatic carbocycles. The maximum atomic E-state index is 11.8. The lowest BCUT2D eigenvalue weighted by atomic mass is 9.97. The fourth-order valence-corrected chi connectivity index (χ4v) is 2.59. The summed E-state index contributed by atoms with van der Waals surface area (Å²) in [4.78, 5) is 7.95. The van der Waals surface area contributed by atoms with Gasteiger partial charge in [0, 0.05) is 18.1 Å². The maximum Gasteiger partial charge on any atom is 0.226 e. The van der Waals surface area contributed by atoms with E-state index in [-0.39, 0.29) is 12.2 Å². The Hall–Kier alpha value is -1.73. The van der Waals surface area contributed by atoms with Gasteiger partial charge in [0.2, 0.25) is 10.0 Å². The number of rotatable bonds is 2. The Morgan fingerprint density at radius 3 is 2.41 bits per heavy atom. The molecule has 1 aromatic rings. The van der Waals surface area contributed by atoms with E-state index in [1.165, 1.54) is 24.5 Å². The van der Waals surface area contributed by atoms with E-state index in [0.29, 0.717) is 5.70 Å². The predicted octanol–water partition coefficient (Wildman–Crippen LogP) is -0.237. The smallest absolute Gasteiger partial charge is 0.226 e. The highest BCUT2D eigenvalue weighted by atomic mass is 32.2. The van der Waals surface area contributed by atoms with Crippen LogP contribution in [0.15, 0.2) is 42.4 Å². The fraction of sp³-hybridized carbons (Fsp3) is 0.200. The van der Waals surface area contributed by atoms with Crippen molar-refractivity contribution in [3.63, 3.8) is 0 Å². The van der Waals surface area contributed by atoms with Crippen LogP contribution in [0.4, 0.5) is 0 Å². The molecule has 1 heterocycles. The van der Waals surface area contributed by atoms with Crippen LogP contribution < -0.4 is 10.9 Å². The zero-order valence-electron chi connectivity index (χ0n) is 8.95. The van der Waals surface area contributed by atoms with E-state index in [2.05, 4.69) is 9.97 Å². The summed E-state index contributed by atoms with van der Waals surface area (Å²) < 4.78 is 22.2. The predicted molar refractivity (Wildman–Crippen MR) is 62.8 cm³/mol. The third-order valence-corrected chi connectivity index (χ3v) is 4.14. The van der Waals surface area contributed by atoms with Gasteiger partial charge < -0.3 is 5.73 Å². The van der Waals surface area contributed by atoms with Crippen LogP contribution in [-0.2, 0) is 14.8 Å². The summed E-state index contributed by atoms with van der Waals surface area (Å²) in [5.41, 5.74) is 6.08. The zero-order valence-corrected chi connectivity index (χ0v) is 9.76. The number of hydrogen-bond acceptors (Lipinski definition) is 5. The molecule has 90 valence electrons. The van der Waals surface area contributed by atoms with Crippen molar-refractivity contribution in [3.8, 4) is 0 Å². The van der Waals surface area contributed by atoms with Gasteiger partial charge >= 0.3 is 0 Å². The summed E-state index contributed by atoms with van der Waals surface area (Å²) in [7, 11) is -3.88. The normalized spacial score (nSPS) is 24.4. The number of nitrogens with two attached hydrogens (primary N) is 2. The van der Waals surface area contributed by atoms with Crippen LogP contribution in [0, 0.1) is 0 Å². The Morgan fingerprint density at radius 2 is 1.94 bits per heavy atom.